The zero-order valence-electron chi connectivity index (χ0n) is 13.4. The molecule has 3 N–H and O–H groups in total. The summed E-state index contributed by atoms with van der Waals surface area (Å²) in [4.78, 5) is 18.2. The molecule has 6 nitrogen and oxygen atoms in total. The molecule has 1 fully saturated rings. The summed E-state index contributed by atoms with van der Waals surface area (Å²) in [6.45, 7) is 3.29. The predicted molar refractivity (Wildman–Crippen MR) is 83.5 cm³/mol. The van der Waals surface area contributed by atoms with E-state index in [2.05, 4.69) is 18.3 Å². The number of carboxylic acids is 2. The molecule has 0 heterocycles. The lowest BCUT2D eigenvalue weighted by Crippen LogP contribution is -2.30. The normalized spacial score (nSPS) is 14.4. The van der Waals surface area contributed by atoms with Crippen molar-refractivity contribution in [3.05, 3.63) is 0 Å². The minimum absolute atomic E-state index is 0.110. The molecule has 0 bridgehead atoms. The van der Waals surface area contributed by atoms with Crippen LogP contribution in [0.15, 0.2) is 0 Å². The molecule has 1 aliphatic rings. The lowest BCUT2D eigenvalue weighted by atomic mass is 10.1. The highest BCUT2D eigenvalue weighted by Crippen LogP contribution is 2.34. The van der Waals surface area contributed by atoms with E-state index in [4.69, 9.17) is 25.1 Å². The van der Waals surface area contributed by atoms with Crippen LogP contribution in [0.2, 0.25) is 0 Å². The van der Waals surface area contributed by atoms with Crippen LogP contribution in [0.25, 0.3) is 0 Å². The van der Waals surface area contributed by atoms with Crippen LogP contribution in [-0.2, 0) is 9.59 Å². The fraction of sp³-hybridized carbons (Fsp3) is 0.812. The fourth-order valence-corrected chi connectivity index (χ4v) is 2.04. The van der Waals surface area contributed by atoms with Crippen molar-refractivity contribution in [2.24, 2.45) is 0 Å². The van der Waals surface area contributed by atoms with Crippen LogP contribution >= 0.6 is 0 Å². The quantitative estimate of drug-likeness (QED) is 0.422. The van der Waals surface area contributed by atoms with E-state index in [-0.39, 0.29) is 5.54 Å². The summed E-state index contributed by atoms with van der Waals surface area (Å²) in [5, 5.41) is 27.0. The number of unbranched alkanes of at least 4 members (excludes halogenated alkanes) is 7. The van der Waals surface area contributed by atoms with Crippen molar-refractivity contribution < 1.29 is 19.8 Å². The maximum atomic E-state index is 9.10. The zero-order chi connectivity index (χ0) is 16.8. The Hall–Kier alpha value is -1.61. The number of nitriles is 1. The summed E-state index contributed by atoms with van der Waals surface area (Å²) < 4.78 is 0. The van der Waals surface area contributed by atoms with Gasteiger partial charge in [0.25, 0.3) is 0 Å². The SMILES string of the molecule is CCCCCCCCCCNC1(C#N)CC1.O=C(O)C(=O)O. The number of hydrogen-bond acceptors (Lipinski definition) is 4. The van der Waals surface area contributed by atoms with Gasteiger partial charge in [0.2, 0.25) is 0 Å². The summed E-state index contributed by atoms with van der Waals surface area (Å²) in [6, 6.07) is 2.37. The molecule has 1 aliphatic carbocycles. The second kappa shape index (κ2) is 12.0. The number of carboxylic acid groups (broad SMARTS) is 2. The molecular formula is C16H28N2O4. The highest BCUT2D eigenvalue weighted by Gasteiger charge is 2.42. The third kappa shape index (κ3) is 11.1. The molecule has 0 aromatic heterocycles. The Morgan fingerprint density at radius 3 is 1.82 bits per heavy atom. The molecule has 22 heavy (non-hydrogen) atoms. The first-order chi connectivity index (χ1) is 10.5. The molecule has 126 valence electrons. The summed E-state index contributed by atoms with van der Waals surface area (Å²) in [7, 11) is 0. The highest BCUT2D eigenvalue weighted by atomic mass is 16.4. The van der Waals surface area contributed by atoms with Crippen LogP contribution < -0.4 is 5.32 Å². The Bertz CT molecular complexity index is 361. The number of hydrogen-bond donors (Lipinski definition) is 3. The van der Waals surface area contributed by atoms with Crippen LogP contribution in [0.1, 0.15) is 71.1 Å². The molecule has 0 saturated heterocycles. The molecule has 0 atom stereocenters. The van der Waals surface area contributed by atoms with Gasteiger partial charge in [-0.1, -0.05) is 51.9 Å². The second-order valence-corrected chi connectivity index (χ2v) is 5.71. The van der Waals surface area contributed by atoms with Crippen LogP contribution in [0.4, 0.5) is 0 Å². The zero-order valence-corrected chi connectivity index (χ0v) is 13.4. The van der Waals surface area contributed by atoms with Crippen LogP contribution in [0, 0.1) is 11.3 Å². The Balaban J connectivity index is 0.000000626. The molecule has 6 heteroatoms. The number of carbonyl (C=O) groups is 2. The van der Waals surface area contributed by atoms with Crippen molar-refractivity contribution in [2.45, 2.75) is 76.7 Å². The molecule has 1 rings (SSSR count). The van der Waals surface area contributed by atoms with Gasteiger partial charge < -0.3 is 10.2 Å². The average Bonchev–Trinajstić information content (AvgIpc) is 3.26. The lowest BCUT2D eigenvalue weighted by Gasteiger charge is -2.08. The van der Waals surface area contributed by atoms with Crippen LogP contribution in [0.5, 0.6) is 0 Å². The largest absolute Gasteiger partial charge is 0.473 e. The van der Waals surface area contributed by atoms with Gasteiger partial charge in [-0.3, -0.25) is 5.32 Å². The second-order valence-electron chi connectivity index (χ2n) is 5.71. The monoisotopic (exact) mass is 312 g/mol. The molecule has 0 amide bonds. The number of nitrogens with zero attached hydrogens (tertiary/aromatic N) is 1. The van der Waals surface area contributed by atoms with Crippen molar-refractivity contribution in [2.75, 3.05) is 6.54 Å². The molecule has 0 aromatic carbocycles. The summed E-state index contributed by atoms with van der Waals surface area (Å²) in [5.74, 6) is -3.65. The van der Waals surface area contributed by atoms with Crippen LogP contribution in [-0.4, -0.2) is 34.2 Å². The first kappa shape index (κ1) is 20.4. The molecule has 0 aromatic rings. The first-order valence-corrected chi connectivity index (χ1v) is 8.10. The molecule has 0 spiro atoms. The Labute approximate surface area is 132 Å². The molecule has 0 unspecified atom stereocenters. The van der Waals surface area contributed by atoms with Crippen molar-refractivity contribution in [3.63, 3.8) is 0 Å². The average molecular weight is 312 g/mol. The van der Waals surface area contributed by atoms with Crippen molar-refractivity contribution >= 4 is 11.9 Å². The highest BCUT2D eigenvalue weighted by molar-refractivity contribution is 6.27. The van der Waals surface area contributed by atoms with Gasteiger partial charge in [0.05, 0.1) is 6.07 Å². The van der Waals surface area contributed by atoms with Gasteiger partial charge in [0, 0.05) is 0 Å². The van der Waals surface area contributed by atoms with Gasteiger partial charge in [-0.15, -0.1) is 0 Å². The summed E-state index contributed by atoms with van der Waals surface area (Å²) >= 11 is 0. The predicted octanol–water partition coefficient (Wildman–Crippen LogP) is 2.93. The van der Waals surface area contributed by atoms with Crippen molar-refractivity contribution in [3.8, 4) is 6.07 Å². The van der Waals surface area contributed by atoms with Crippen molar-refractivity contribution in [1.29, 1.82) is 5.26 Å². The van der Waals surface area contributed by atoms with Gasteiger partial charge >= 0.3 is 11.9 Å². The van der Waals surface area contributed by atoms with E-state index in [1.807, 2.05) is 0 Å². The van der Waals surface area contributed by atoms with Gasteiger partial charge in [0.15, 0.2) is 0 Å². The number of aliphatic carboxylic acids is 2. The van der Waals surface area contributed by atoms with Crippen LogP contribution in [0.3, 0.4) is 0 Å². The molecular weight excluding hydrogens is 284 g/mol. The van der Waals surface area contributed by atoms with E-state index in [9.17, 15) is 0 Å². The number of rotatable bonds is 10. The van der Waals surface area contributed by atoms with Gasteiger partial charge in [-0.2, -0.15) is 5.26 Å². The minimum Gasteiger partial charge on any atom is -0.473 e. The smallest absolute Gasteiger partial charge is 0.414 e. The number of nitrogens with one attached hydrogen (secondary N) is 1. The third-order valence-corrected chi connectivity index (χ3v) is 3.64. The van der Waals surface area contributed by atoms with Gasteiger partial charge in [0.1, 0.15) is 5.54 Å². The Morgan fingerprint density at radius 2 is 1.45 bits per heavy atom. The first-order valence-electron chi connectivity index (χ1n) is 8.10. The summed E-state index contributed by atoms with van der Waals surface area (Å²) in [6.07, 6.45) is 13.0. The molecule has 1 saturated carbocycles. The minimum atomic E-state index is -1.82. The Kier molecular flexibility index (Phi) is 11.1. The maximum Gasteiger partial charge on any atom is 0.414 e. The fourth-order valence-electron chi connectivity index (χ4n) is 2.04. The van der Waals surface area contributed by atoms with E-state index >= 15 is 0 Å². The van der Waals surface area contributed by atoms with E-state index in [0.29, 0.717) is 0 Å². The Morgan fingerprint density at radius 1 is 1.00 bits per heavy atom. The van der Waals surface area contributed by atoms with Gasteiger partial charge in [-0.05, 0) is 25.8 Å². The molecule has 0 aliphatic heterocycles. The third-order valence-electron chi connectivity index (χ3n) is 3.64. The van der Waals surface area contributed by atoms with E-state index in [1.54, 1.807) is 0 Å². The summed E-state index contributed by atoms with van der Waals surface area (Å²) in [5.41, 5.74) is -0.110. The molecule has 0 radical (unpaired) electrons. The standard InChI is InChI=1S/C14H26N2.C2H2O4/c1-2-3-4-5-6-7-8-9-12-16-14(13-15)10-11-14;3-1(4)2(5)6/h16H,2-12H2,1H3;(H,3,4)(H,5,6). The van der Waals surface area contributed by atoms with E-state index in [1.165, 1.54) is 51.4 Å². The van der Waals surface area contributed by atoms with E-state index < -0.39 is 11.9 Å². The topological polar surface area (TPSA) is 110 Å². The van der Waals surface area contributed by atoms with Crippen molar-refractivity contribution in [1.82, 2.24) is 5.32 Å². The van der Waals surface area contributed by atoms with Gasteiger partial charge in [-0.25, -0.2) is 9.59 Å². The lowest BCUT2D eigenvalue weighted by molar-refractivity contribution is -0.159. The van der Waals surface area contributed by atoms with E-state index in [0.717, 1.165) is 19.4 Å². The maximum absolute atomic E-state index is 9.10.